The summed E-state index contributed by atoms with van der Waals surface area (Å²) in [5.41, 5.74) is 0. The molecule has 0 aliphatic carbocycles. The van der Waals surface area contributed by atoms with Gasteiger partial charge in [-0.25, -0.2) is 9.98 Å². The molecule has 6 nitrogen and oxygen atoms in total. The molecule has 0 saturated heterocycles. The third-order valence-corrected chi connectivity index (χ3v) is 5.28. The van der Waals surface area contributed by atoms with Crippen LogP contribution in [-0.4, -0.2) is 54.7 Å². The fourth-order valence-corrected chi connectivity index (χ4v) is 3.48. The highest BCUT2D eigenvalue weighted by molar-refractivity contribution is 14.0. The van der Waals surface area contributed by atoms with E-state index >= 15 is 0 Å². The number of halogens is 1. The zero-order valence-electron chi connectivity index (χ0n) is 15.8. The summed E-state index contributed by atoms with van der Waals surface area (Å²) in [6, 6.07) is 10.3. The van der Waals surface area contributed by atoms with Crippen molar-refractivity contribution in [3.8, 4) is 0 Å². The zero-order chi connectivity index (χ0) is 18.8. The van der Waals surface area contributed by atoms with Crippen molar-refractivity contribution >= 4 is 58.9 Å². The number of thioether (sulfide) groups is 1. The van der Waals surface area contributed by atoms with Crippen LogP contribution in [0.15, 0.2) is 46.4 Å². The van der Waals surface area contributed by atoms with Gasteiger partial charge in [0.1, 0.15) is 11.6 Å². The monoisotopic (exact) mass is 519 g/mol. The first kappa shape index (κ1) is 23.7. The number of carbonyl (C=O) groups excluding carboxylic acids is 1. The van der Waals surface area contributed by atoms with Crippen LogP contribution in [0.1, 0.15) is 9.88 Å². The highest BCUT2D eigenvalue weighted by atomic mass is 127. The largest absolute Gasteiger partial charge is 0.356 e. The molecule has 2 aromatic rings. The number of hydrogen-bond donors (Lipinski definition) is 2. The fraction of sp³-hybridized carbons (Fsp3) is 0.389. The van der Waals surface area contributed by atoms with Crippen molar-refractivity contribution < 1.29 is 4.79 Å². The van der Waals surface area contributed by atoms with Crippen molar-refractivity contribution in [2.45, 2.75) is 18.4 Å². The minimum Gasteiger partial charge on any atom is -0.356 e. The van der Waals surface area contributed by atoms with Gasteiger partial charge in [0.2, 0.25) is 5.91 Å². The molecule has 2 rings (SSSR count). The molecular formula is C18H26IN5OS2. The maximum Gasteiger partial charge on any atom is 0.243 e. The summed E-state index contributed by atoms with van der Waals surface area (Å²) < 4.78 is 0. The van der Waals surface area contributed by atoms with E-state index in [1.54, 1.807) is 37.2 Å². The Kier molecular flexibility index (Phi) is 11.4. The summed E-state index contributed by atoms with van der Waals surface area (Å²) in [6.07, 6.45) is 1.86. The van der Waals surface area contributed by atoms with Crippen LogP contribution in [0.25, 0.3) is 0 Å². The van der Waals surface area contributed by atoms with Gasteiger partial charge in [-0.2, -0.15) is 0 Å². The van der Waals surface area contributed by atoms with Crippen LogP contribution in [0.3, 0.4) is 0 Å². The highest BCUT2D eigenvalue weighted by Gasteiger charge is 2.06. The molecule has 1 heterocycles. The quantitative estimate of drug-likeness (QED) is 0.185. The van der Waals surface area contributed by atoms with E-state index in [1.807, 2.05) is 31.3 Å². The Labute approximate surface area is 186 Å². The van der Waals surface area contributed by atoms with Crippen molar-refractivity contribution in [1.29, 1.82) is 0 Å². The third-order valence-electron chi connectivity index (χ3n) is 3.35. The van der Waals surface area contributed by atoms with E-state index in [1.165, 1.54) is 14.7 Å². The molecule has 0 unspecified atom stereocenters. The molecule has 1 aromatic carbocycles. The smallest absolute Gasteiger partial charge is 0.243 e. The van der Waals surface area contributed by atoms with Gasteiger partial charge in [-0.05, 0) is 19.1 Å². The fourth-order valence-electron chi connectivity index (χ4n) is 1.96. The summed E-state index contributed by atoms with van der Waals surface area (Å²) in [4.78, 5) is 24.5. The molecule has 1 aromatic heterocycles. The van der Waals surface area contributed by atoms with E-state index in [4.69, 9.17) is 0 Å². The lowest BCUT2D eigenvalue weighted by Crippen LogP contribution is -2.39. The van der Waals surface area contributed by atoms with Crippen LogP contribution in [0.2, 0.25) is 0 Å². The SMILES string of the molecule is Cc1cnc(CNC(=NCC(=O)N(C)C)NCCSc2ccccc2)s1.I. The first-order chi connectivity index (χ1) is 12.5. The van der Waals surface area contributed by atoms with Crippen LogP contribution in [0, 0.1) is 6.92 Å². The minimum absolute atomic E-state index is 0. The number of amides is 1. The number of aryl methyl sites for hydroxylation is 1. The van der Waals surface area contributed by atoms with E-state index in [0.29, 0.717) is 12.5 Å². The van der Waals surface area contributed by atoms with E-state index in [2.05, 4.69) is 32.7 Å². The van der Waals surface area contributed by atoms with Crippen molar-refractivity contribution in [3.05, 3.63) is 46.4 Å². The molecular weight excluding hydrogens is 493 g/mol. The van der Waals surface area contributed by atoms with Gasteiger partial charge < -0.3 is 15.5 Å². The number of thiazole rings is 1. The Hall–Kier alpha value is -1.33. The number of carbonyl (C=O) groups is 1. The Bertz CT molecular complexity index is 722. The van der Waals surface area contributed by atoms with Gasteiger partial charge in [-0.15, -0.1) is 47.1 Å². The van der Waals surface area contributed by atoms with Crippen LogP contribution in [0.4, 0.5) is 0 Å². The normalized spacial score (nSPS) is 10.9. The first-order valence-corrected chi connectivity index (χ1v) is 10.2. The molecule has 0 fully saturated rings. The molecule has 0 saturated carbocycles. The Balaban J connectivity index is 0.00000364. The molecule has 2 N–H and O–H groups in total. The highest BCUT2D eigenvalue weighted by Crippen LogP contribution is 2.15. The number of benzene rings is 1. The predicted molar refractivity (Wildman–Crippen MR) is 125 cm³/mol. The summed E-state index contributed by atoms with van der Waals surface area (Å²) in [5.74, 6) is 1.50. The Morgan fingerprint density at radius 3 is 2.63 bits per heavy atom. The number of hydrogen-bond acceptors (Lipinski definition) is 5. The predicted octanol–water partition coefficient (Wildman–Crippen LogP) is 2.99. The van der Waals surface area contributed by atoms with Gasteiger partial charge in [0.25, 0.3) is 0 Å². The molecule has 0 aliphatic heterocycles. The first-order valence-electron chi connectivity index (χ1n) is 8.36. The molecule has 9 heteroatoms. The molecule has 0 bridgehead atoms. The second-order valence-electron chi connectivity index (χ2n) is 5.76. The number of nitrogens with one attached hydrogen (secondary N) is 2. The summed E-state index contributed by atoms with van der Waals surface area (Å²) in [5, 5.41) is 7.53. The van der Waals surface area contributed by atoms with E-state index in [9.17, 15) is 4.79 Å². The van der Waals surface area contributed by atoms with Crippen LogP contribution in [-0.2, 0) is 11.3 Å². The van der Waals surface area contributed by atoms with E-state index in [0.717, 1.165) is 17.3 Å². The van der Waals surface area contributed by atoms with Crippen LogP contribution < -0.4 is 10.6 Å². The van der Waals surface area contributed by atoms with Crippen LogP contribution in [0.5, 0.6) is 0 Å². The average Bonchev–Trinajstić information content (AvgIpc) is 3.06. The summed E-state index contributed by atoms with van der Waals surface area (Å²) in [6.45, 7) is 3.49. The van der Waals surface area contributed by atoms with Crippen molar-refractivity contribution in [2.24, 2.45) is 4.99 Å². The molecule has 0 spiro atoms. The van der Waals surface area contributed by atoms with Gasteiger partial charge in [0.15, 0.2) is 5.96 Å². The van der Waals surface area contributed by atoms with Gasteiger partial charge in [0, 0.05) is 42.4 Å². The van der Waals surface area contributed by atoms with Gasteiger partial charge in [-0.1, -0.05) is 18.2 Å². The number of likely N-dealkylation sites (N-methyl/N-ethyl adjacent to an activating group) is 1. The van der Waals surface area contributed by atoms with Crippen molar-refractivity contribution in [2.75, 3.05) is 32.9 Å². The second kappa shape index (κ2) is 12.9. The van der Waals surface area contributed by atoms with Crippen molar-refractivity contribution in [1.82, 2.24) is 20.5 Å². The Morgan fingerprint density at radius 2 is 2.00 bits per heavy atom. The van der Waals surface area contributed by atoms with Gasteiger partial charge in [-0.3, -0.25) is 4.79 Å². The van der Waals surface area contributed by atoms with Crippen molar-refractivity contribution in [3.63, 3.8) is 0 Å². The number of rotatable bonds is 8. The summed E-state index contributed by atoms with van der Waals surface area (Å²) in [7, 11) is 3.46. The van der Waals surface area contributed by atoms with Crippen LogP contribution >= 0.6 is 47.1 Å². The molecule has 1 amide bonds. The average molecular weight is 519 g/mol. The molecule has 148 valence electrons. The molecule has 27 heavy (non-hydrogen) atoms. The standard InChI is InChI=1S/C18H25N5OS2.HI/c1-14-11-20-16(26-14)12-21-18(22-13-17(24)23(2)3)19-9-10-25-15-7-5-4-6-8-15;/h4-8,11H,9-10,12-13H2,1-3H3,(H2,19,21,22);1H. The number of aromatic nitrogens is 1. The zero-order valence-corrected chi connectivity index (χ0v) is 19.7. The molecule has 0 radical (unpaired) electrons. The lowest BCUT2D eigenvalue weighted by Gasteiger charge is -2.13. The molecule has 0 aliphatic rings. The Morgan fingerprint density at radius 1 is 1.26 bits per heavy atom. The topological polar surface area (TPSA) is 69.6 Å². The van der Waals surface area contributed by atoms with Gasteiger partial charge in [0.05, 0.1) is 6.54 Å². The number of aliphatic imine (C=N–C) groups is 1. The lowest BCUT2D eigenvalue weighted by atomic mass is 10.4. The van der Waals surface area contributed by atoms with E-state index in [-0.39, 0.29) is 36.4 Å². The van der Waals surface area contributed by atoms with Gasteiger partial charge >= 0.3 is 0 Å². The lowest BCUT2D eigenvalue weighted by molar-refractivity contribution is -0.127. The molecule has 0 atom stereocenters. The number of guanidine groups is 1. The minimum atomic E-state index is -0.0325. The maximum atomic E-state index is 11.8. The maximum absolute atomic E-state index is 11.8. The summed E-state index contributed by atoms with van der Waals surface area (Å²) >= 11 is 3.43. The number of nitrogens with zero attached hydrogens (tertiary/aromatic N) is 3. The third kappa shape index (κ3) is 9.43. The van der Waals surface area contributed by atoms with E-state index < -0.39 is 0 Å². The second-order valence-corrected chi connectivity index (χ2v) is 8.25.